The Morgan fingerprint density at radius 3 is 2.53 bits per heavy atom. The van der Waals surface area contributed by atoms with Crippen molar-refractivity contribution < 1.29 is 18.0 Å². The summed E-state index contributed by atoms with van der Waals surface area (Å²) in [5.41, 5.74) is -0.236. The predicted octanol–water partition coefficient (Wildman–Crippen LogP) is 2.90. The molecule has 0 saturated carbocycles. The maximum absolute atomic E-state index is 12.7. The van der Waals surface area contributed by atoms with Crippen LogP contribution in [0.2, 0.25) is 0 Å². The zero-order valence-corrected chi connectivity index (χ0v) is 11.1. The molecule has 0 aliphatic carbocycles. The second-order valence-corrected chi connectivity index (χ2v) is 4.29. The maximum Gasteiger partial charge on any atom is 0.416 e. The smallest absolute Gasteiger partial charge is 0.376 e. The minimum atomic E-state index is -4.38. The Morgan fingerprint density at radius 1 is 1.37 bits per heavy atom. The number of amides is 1. The van der Waals surface area contributed by atoms with E-state index in [-0.39, 0.29) is 23.7 Å². The van der Waals surface area contributed by atoms with Gasteiger partial charge in [0.15, 0.2) is 0 Å². The number of benzene rings is 1. The summed E-state index contributed by atoms with van der Waals surface area (Å²) in [4.78, 5) is 13.0. The summed E-state index contributed by atoms with van der Waals surface area (Å²) in [7, 11) is 1.64. The molecule has 1 N–H and O–H groups in total. The van der Waals surface area contributed by atoms with E-state index in [1.165, 1.54) is 24.0 Å². The van der Waals surface area contributed by atoms with Gasteiger partial charge in [0.05, 0.1) is 12.1 Å². The van der Waals surface area contributed by atoms with Crippen molar-refractivity contribution in [2.24, 2.45) is 0 Å². The number of likely N-dealkylation sites (N-methyl/N-ethyl adjacent to an activating group) is 1. The summed E-state index contributed by atoms with van der Waals surface area (Å²) in [6, 6.07) is 3.94. The van der Waals surface area contributed by atoms with Crippen LogP contribution >= 0.6 is 0 Å². The molecule has 0 saturated heterocycles. The first-order valence-corrected chi connectivity index (χ1v) is 5.91. The van der Waals surface area contributed by atoms with E-state index in [1.807, 2.05) is 6.92 Å². The average Bonchev–Trinajstić information content (AvgIpc) is 2.35. The number of halogens is 3. The fourth-order valence-corrected chi connectivity index (χ4v) is 1.53. The van der Waals surface area contributed by atoms with Gasteiger partial charge in [0, 0.05) is 19.3 Å². The molecule has 0 aliphatic heterocycles. The molecular weight excluding hydrogens is 257 g/mol. The van der Waals surface area contributed by atoms with Crippen LogP contribution in [-0.4, -0.2) is 30.9 Å². The van der Waals surface area contributed by atoms with Gasteiger partial charge in [0.25, 0.3) is 0 Å². The van der Waals surface area contributed by atoms with E-state index in [1.54, 1.807) is 7.05 Å². The lowest BCUT2D eigenvalue weighted by molar-refractivity contribution is -0.138. The SMILES string of the molecule is CCN(C)C(=O)CNc1ccc(C)c(C(F)(F)F)c1. The van der Waals surface area contributed by atoms with Gasteiger partial charge in [0.2, 0.25) is 5.91 Å². The van der Waals surface area contributed by atoms with E-state index < -0.39 is 11.7 Å². The Bertz CT molecular complexity index is 458. The molecule has 19 heavy (non-hydrogen) atoms. The van der Waals surface area contributed by atoms with Crippen molar-refractivity contribution in [2.75, 3.05) is 25.5 Å². The molecule has 6 heteroatoms. The average molecular weight is 274 g/mol. The van der Waals surface area contributed by atoms with E-state index in [4.69, 9.17) is 0 Å². The number of anilines is 1. The third-order valence-corrected chi connectivity index (χ3v) is 2.89. The lowest BCUT2D eigenvalue weighted by atomic mass is 10.1. The molecule has 1 amide bonds. The van der Waals surface area contributed by atoms with Crippen molar-refractivity contribution >= 4 is 11.6 Å². The molecule has 0 heterocycles. The topological polar surface area (TPSA) is 32.3 Å². The van der Waals surface area contributed by atoms with Gasteiger partial charge in [-0.2, -0.15) is 13.2 Å². The van der Waals surface area contributed by atoms with Crippen LogP contribution in [0.1, 0.15) is 18.1 Å². The number of nitrogens with zero attached hydrogens (tertiary/aromatic N) is 1. The lowest BCUT2D eigenvalue weighted by Crippen LogP contribution is -2.31. The molecule has 0 radical (unpaired) electrons. The first kappa shape index (κ1) is 15.3. The van der Waals surface area contributed by atoms with Gasteiger partial charge in [-0.1, -0.05) is 6.07 Å². The number of carbonyl (C=O) groups excluding carboxylic acids is 1. The minimum Gasteiger partial charge on any atom is -0.376 e. The zero-order valence-electron chi connectivity index (χ0n) is 11.1. The highest BCUT2D eigenvalue weighted by Crippen LogP contribution is 2.33. The number of aryl methyl sites for hydroxylation is 1. The minimum absolute atomic E-state index is 0.0231. The molecule has 0 aliphatic rings. The highest BCUT2D eigenvalue weighted by Gasteiger charge is 2.32. The Kier molecular flexibility index (Phi) is 4.80. The number of hydrogen-bond donors (Lipinski definition) is 1. The molecular formula is C13H17F3N2O. The van der Waals surface area contributed by atoms with Gasteiger partial charge in [-0.3, -0.25) is 4.79 Å². The van der Waals surface area contributed by atoms with Gasteiger partial charge in [-0.15, -0.1) is 0 Å². The first-order chi connectivity index (χ1) is 8.75. The van der Waals surface area contributed by atoms with Crippen molar-refractivity contribution in [3.63, 3.8) is 0 Å². The summed E-state index contributed by atoms with van der Waals surface area (Å²) in [5, 5.41) is 2.71. The van der Waals surface area contributed by atoms with Crippen LogP contribution in [0.25, 0.3) is 0 Å². The van der Waals surface area contributed by atoms with E-state index in [2.05, 4.69) is 5.32 Å². The fourth-order valence-electron chi connectivity index (χ4n) is 1.53. The molecule has 0 unspecified atom stereocenters. The largest absolute Gasteiger partial charge is 0.416 e. The highest BCUT2D eigenvalue weighted by molar-refractivity contribution is 5.80. The van der Waals surface area contributed by atoms with Crippen LogP contribution in [0.5, 0.6) is 0 Å². The van der Waals surface area contributed by atoms with Gasteiger partial charge in [-0.25, -0.2) is 0 Å². The molecule has 106 valence electrons. The van der Waals surface area contributed by atoms with Crippen molar-refractivity contribution in [1.82, 2.24) is 4.90 Å². The summed E-state index contributed by atoms with van der Waals surface area (Å²) >= 11 is 0. The first-order valence-electron chi connectivity index (χ1n) is 5.91. The van der Waals surface area contributed by atoms with Crippen LogP contribution < -0.4 is 5.32 Å². The second kappa shape index (κ2) is 5.95. The van der Waals surface area contributed by atoms with Gasteiger partial charge in [-0.05, 0) is 31.5 Å². The zero-order chi connectivity index (χ0) is 14.6. The Balaban J connectivity index is 2.79. The van der Waals surface area contributed by atoms with Crippen LogP contribution in [0.4, 0.5) is 18.9 Å². The van der Waals surface area contributed by atoms with E-state index in [9.17, 15) is 18.0 Å². The molecule has 0 bridgehead atoms. The molecule has 0 fully saturated rings. The number of hydrogen-bond acceptors (Lipinski definition) is 2. The molecule has 3 nitrogen and oxygen atoms in total. The summed E-state index contributed by atoms with van der Waals surface area (Å²) < 4.78 is 38.1. The van der Waals surface area contributed by atoms with Crippen molar-refractivity contribution in [2.45, 2.75) is 20.0 Å². The third-order valence-electron chi connectivity index (χ3n) is 2.89. The molecule has 0 spiro atoms. The normalized spacial score (nSPS) is 11.3. The Morgan fingerprint density at radius 2 is 2.00 bits per heavy atom. The van der Waals surface area contributed by atoms with Crippen molar-refractivity contribution in [3.8, 4) is 0 Å². The monoisotopic (exact) mass is 274 g/mol. The quantitative estimate of drug-likeness (QED) is 0.915. The molecule has 1 aromatic rings. The molecule has 1 rings (SSSR count). The van der Waals surface area contributed by atoms with Crippen LogP contribution in [0.15, 0.2) is 18.2 Å². The number of rotatable bonds is 4. The predicted molar refractivity (Wildman–Crippen MR) is 68.0 cm³/mol. The van der Waals surface area contributed by atoms with Gasteiger partial charge >= 0.3 is 6.18 Å². The van der Waals surface area contributed by atoms with Crippen molar-refractivity contribution in [3.05, 3.63) is 29.3 Å². The molecule has 0 aromatic heterocycles. The summed E-state index contributed by atoms with van der Waals surface area (Å²) in [5.74, 6) is -0.170. The van der Waals surface area contributed by atoms with Gasteiger partial charge in [0.1, 0.15) is 0 Å². The lowest BCUT2D eigenvalue weighted by Gasteiger charge is -2.16. The highest BCUT2D eigenvalue weighted by atomic mass is 19.4. The standard InChI is InChI=1S/C13H17F3N2O/c1-4-18(3)12(19)8-17-10-6-5-9(2)11(7-10)13(14,15)16/h5-7,17H,4,8H2,1-3H3. The van der Waals surface area contributed by atoms with E-state index in [0.717, 1.165) is 6.07 Å². The van der Waals surface area contributed by atoms with E-state index >= 15 is 0 Å². The van der Waals surface area contributed by atoms with Crippen LogP contribution in [-0.2, 0) is 11.0 Å². The Hall–Kier alpha value is -1.72. The van der Waals surface area contributed by atoms with Crippen LogP contribution in [0.3, 0.4) is 0 Å². The fraction of sp³-hybridized carbons (Fsp3) is 0.462. The molecule has 0 atom stereocenters. The number of nitrogens with one attached hydrogen (secondary N) is 1. The molecule has 1 aromatic carbocycles. The third kappa shape index (κ3) is 4.15. The summed E-state index contributed by atoms with van der Waals surface area (Å²) in [6.07, 6.45) is -4.38. The van der Waals surface area contributed by atoms with Crippen LogP contribution in [0, 0.1) is 6.92 Å². The van der Waals surface area contributed by atoms with Gasteiger partial charge < -0.3 is 10.2 Å². The second-order valence-electron chi connectivity index (χ2n) is 4.29. The van der Waals surface area contributed by atoms with E-state index in [0.29, 0.717) is 6.54 Å². The number of carbonyl (C=O) groups is 1. The van der Waals surface area contributed by atoms with Crippen molar-refractivity contribution in [1.29, 1.82) is 0 Å². The maximum atomic E-state index is 12.7. The summed E-state index contributed by atoms with van der Waals surface area (Å²) in [6.45, 7) is 3.76. The number of alkyl halides is 3. The Labute approximate surface area is 110 Å².